The topological polar surface area (TPSA) is 61.4 Å². The molecule has 1 aromatic rings. The van der Waals surface area contributed by atoms with E-state index in [1.165, 1.54) is 4.90 Å². The summed E-state index contributed by atoms with van der Waals surface area (Å²) in [5.41, 5.74) is 0. The van der Waals surface area contributed by atoms with E-state index in [0.29, 0.717) is 6.54 Å². The van der Waals surface area contributed by atoms with Crippen molar-refractivity contribution in [1.29, 1.82) is 0 Å². The summed E-state index contributed by atoms with van der Waals surface area (Å²) in [6.07, 6.45) is 0.921. The van der Waals surface area contributed by atoms with Gasteiger partial charge in [0.2, 0.25) is 11.8 Å². The molecule has 0 heterocycles. The predicted octanol–water partition coefficient (Wildman–Crippen LogP) is 0.963. The Hall–Kier alpha value is -1.53. The van der Waals surface area contributed by atoms with E-state index in [0.717, 1.165) is 12.2 Å². The van der Waals surface area contributed by atoms with Gasteiger partial charge < -0.3 is 10.6 Å². The smallest absolute Gasteiger partial charge is 0.234 e. The number of thioether (sulfide) groups is 1. The minimum atomic E-state index is -0.0930. The van der Waals surface area contributed by atoms with E-state index >= 15 is 0 Å². The van der Waals surface area contributed by atoms with Crippen molar-refractivity contribution in [2.45, 2.75) is 11.3 Å². The summed E-state index contributed by atoms with van der Waals surface area (Å²) in [5.74, 6) is 0.828. The molecule has 0 bridgehead atoms. The van der Waals surface area contributed by atoms with Crippen molar-refractivity contribution in [2.75, 3.05) is 39.5 Å². The van der Waals surface area contributed by atoms with Gasteiger partial charge in [-0.25, -0.2) is 0 Å². The van der Waals surface area contributed by atoms with E-state index in [2.05, 4.69) is 22.8 Å². The van der Waals surface area contributed by atoms with Crippen molar-refractivity contribution >= 4 is 23.6 Å². The first-order chi connectivity index (χ1) is 10.1. The van der Waals surface area contributed by atoms with Crippen molar-refractivity contribution in [3.05, 3.63) is 30.3 Å². The lowest BCUT2D eigenvalue weighted by Gasteiger charge is -2.15. The summed E-state index contributed by atoms with van der Waals surface area (Å²) in [4.78, 5) is 25.7. The first kappa shape index (κ1) is 17.5. The second-order valence-electron chi connectivity index (χ2n) is 4.71. The monoisotopic (exact) mass is 309 g/mol. The molecule has 0 aliphatic heterocycles. The van der Waals surface area contributed by atoms with Crippen LogP contribution in [-0.2, 0) is 9.59 Å². The van der Waals surface area contributed by atoms with Crippen LogP contribution in [0.3, 0.4) is 0 Å². The maximum absolute atomic E-state index is 11.7. The van der Waals surface area contributed by atoms with Gasteiger partial charge in [0.05, 0.1) is 13.1 Å². The maximum atomic E-state index is 11.7. The average Bonchev–Trinajstić information content (AvgIpc) is 2.47. The van der Waals surface area contributed by atoms with Crippen LogP contribution in [0.2, 0.25) is 0 Å². The molecule has 1 aromatic carbocycles. The second-order valence-corrected chi connectivity index (χ2v) is 5.88. The van der Waals surface area contributed by atoms with Crippen LogP contribution in [0.1, 0.15) is 6.42 Å². The molecule has 0 unspecified atom stereocenters. The molecule has 116 valence electrons. The van der Waals surface area contributed by atoms with Gasteiger partial charge in [-0.3, -0.25) is 14.5 Å². The number of carbonyl (C=O) groups is 2. The molecule has 1 rings (SSSR count). The third kappa shape index (κ3) is 8.37. The molecule has 0 aromatic heterocycles. The van der Waals surface area contributed by atoms with Crippen LogP contribution in [0.4, 0.5) is 0 Å². The molecule has 5 nitrogen and oxygen atoms in total. The fraction of sp³-hybridized carbons (Fsp3) is 0.467. The Morgan fingerprint density at radius 3 is 2.48 bits per heavy atom. The highest BCUT2D eigenvalue weighted by atomic mass is 32.2. The summed E-state index contributed by atoms with van der Waals surface area (Å²) in [5, 5.41) is 5.39. The summed E-state index contributed by atoms with van der Waals surface area (Å²) in [6, 6.07) is 10.2. The maximum Gasteiger partial charge on any atom is 0.234 e. The number of nitrogens with one attached hydrogen (secondary N) is 2. The fourth-order valence-corrected chi connectivity index (χ4v) is 2.56. The lowest BCUT2D eigenvalue weighted by atomic mass is 10.4. The van der Waals surface area contributed by atoms with Crippen LogP contribution in [0, 0.1) is 0 Å². The molecule has 2 N–H and O–H groups in total. The van der Waals surface area contributed by atoms with Crippen LogP contribution in [0.5, 0.6) is 0 Å². The SMILES string of the molecule is CNC(=O)CN(C)CC(=O)NCCCSc1ccccc1. The third-order valence-electron chi connectivity index (χ3n) is 2.76. The molecular formula is C15H23N3O2S. The molecule has 6 heteroatoms. The van der Waals surface area contributed by atoms with E-state index in [9.17, 15) is 9.59 Å². The first-order valence-corrected chi connectivity index (χ1v) is 7.94. The number of likely N-dealkylation sites (N-methyl/N-ethyl adjacent to an activating group) is 2. The van der Waals surface area contributed by atoms with Gasteiger partial charge in [-0.15, -0.1) is 11.8 Å². The van der Waals surface area contributed by atoms with Gasteiger partial charge in [-0.05, 0) is 31.4 Å². The van der Waals surface area contributed by atoms with Gasteiger partial charge in [-0.1, -0.05) is 18.2 Å². The highest BCUT2D eigenvalue weighted by Gasteiger charge is 2.08. The Morgan fingerprint density at radius 1 is 1.14 bits per heavy atom. The van der Waals surface area contributed by atoms with E-state index in [1.807, 2.05) is 18.2 Å². The van der Waals surface area contributed by atoms with Crippen LogP contribution < -0.4 is 10.6 Å². The molecule has 0 radical (unpaired) electrons. The molecular weight excluding hydrogens is 286 g/mol. The number of hydrogen-bond acceptors (Lipinski definition) is 4. The predicted molar refractivity (Wildman–Crippen MR) is 86.4 cm³/mol. The van der Waals surface area contributed by atoms with Crippen LogP contribution >= 0.6 is 11.8 Å². The largest absolute Gasteiger partial charge is 0.358 e. The first-order valence-electron chi connectivity index (χ1n) is 6.95. The molecule has 0 saturated carbocycles. The van der Waals surface area contributed by atoms with Crippen molar-refractivity contribution in [3.63, 3.8) is 0 Å². The quantitative estimate of drug-likeness (QED) is 0.527. The zero-order chi connectivity index (χ0) is 15.5. The highest BCUT2D eigenvalue weighted by molar-refractivity contribution is 7.99. The lowest BCUT2D eigenvalue weighted by Crippen LogP contribution is -2.40. The molecule has 0 aliphatic carbocycles. The molecule has 0 spiro atoms. The zero-order valence-electron chi connectivity index (χ0n) is 12.6. The number of nitrogens with zero attached hydrogens (tertiary/aromatic N) is 1. The van der Waals surface area contributed by atoms with Gasteiger partial charge >= 0.3 is 0 Å². The summed E-state index contributed by atoms with van der Waals surface area (Å²) in [6.45, 7) is 1.12. The number of benzene rings is 1. The zero-order valence-corrected chi connectivity index (χ0v) is 13.4. The Kier molecular flexibility index (Phi) is 8.54. The molecule has 0 atom stereocenters. The van der Waals surface area contributed by atoms with E-state index in [1.54, 1.807) is 30.8 Å². The lowest BCUT2D eigenvalue weighted by molar-refractivity contribution is -0.124. The van der Waals surface area contributed by atoms with Crippen LogP contribution in [0.25, 0.3) is 0 Å². The van der Waals surface area contributed by atoms with Gasteiger partial charge in [0.15, 0.2) is 0 Å². The molecule has 2 amide bonds. The standard InChI is InChI=1S/C15H23N3O2S/c1-16-14(19)11-18(2)12-15(20)17-9-6-10-21-13-7-4-3-5-8-13/h3-5,7-8H,6,9-12H2,1-2H3,(H,16,19)(H,17,20). The summed E-state index contributed by atoms with van der Waals surface area (Å²) < 4.78 is 0. The normalized spacial score (nSPS) is 10.4. The third-order valence-corrected chi connectivity index (χ3v) is 3.86. The Labute approximate surface area is 130 Å². The average molecular weight is 309 g/mol. The minimum Gasteiger partial charge on any atom is -0.358 e. The number of amides is 2. The van der Waals surface area contributed by atoms with Crippen LogP contribution in [-0.4, -0.2) is 56.2 Å². The second kappa shape index (κ2) is 10.2. The Morgan fingerprint density at radius 2 is 1.81 bits per heavy atom. The number of carbonyl (C=O) groups excluding carboxylic acids is 2. The van der Waals surface area contributed by atoms with Gasteiger partial charge in [-0.2, -0.15) is 0 Å². The van der Waals surface area contributed by atoms with E-state index in [4.69, 9.17) is 0 Å². The van der Waals surface area contributed by atoms with Crippen molar-refractivity contribution in [2.24, 2.45) is 0 Å². The molecule has 21 heavy (non-hydrogen) atoms. The fourth-order valence-electron chi connectivity index (χ4n) is 1.69. The Bertz CT molecular complexity index is 440. The van der Waals surface area contributed by atoms with Gasteiger partial charge in [0.25, 0.3) is 0 Å². The van der Waals surface area contributed by atoms with Crippen molar-refractivity contribution in [3.8, 4) is 0 Å². The van der Waals surface area contributed by atoms with Crippen LogP contribution in [0.15, 0.2) is 35.2 Å². The molecule has 0 aliphatic rings. The van der Waals surface area contributed by atoms with E-state index in [-0.39, 0.29) is 24.9 Å². The number of hydrogen-bond donors (Lipinski definition) is 2. The summed E-state index contributed by atoms with van der Waals surface area (Å²) in [7, 11) is 3.33. The Balaban J connectivity index is 2.07. The van der Waals surface area contributed by atoms with Crippen molar-refractivity contribution < 1.29 is 9.59 Å². The highest BCUT2D eigenvalue weighted by Crippen LogP contribution is 2.17. The summed E-state index contributed by atoms with van der Waals surface area (Å²) >= 11 is 1.78. The van der Waals surface area contributed by atoms with Gasteiger partial charge in [0.1, 0.15) is 0 Å². The van der Waals surface area contributed by atoms with Crippen molar-refractivity contribution in [1.82, 2.24) is 15.5 Å². The molecule has 0 fully saturated rings. The van der Waals surface area contributed by atoms with Gasteiger partial charge in [0, 0.05) is 18.5 Å². The minimum absolute atomic E-state index is 0.0499. The number of rotatable bonds is 9. The van der Waals surface area contributed by atoms with E-state index < -0.39 is 0 Å². The molecule has 0 saturated heterocycles.